The Balaban J connectivity index is 1.51. The molecule has 4 unspecified atom stereocenters. The highest BCUT2D eigenvalue weighted by atomic mass is 32.2. The van der Waals surface area contributed by atoms with E-state index < -0.39 is 0 Å². The molecule has 0 aromatic rings. The smallest absolute Gasteiger partial charge is 0.191 e. The highest BCUT2D eigenvalue weighted by molar-refractivity contribution is 7.99. The number of thioether (sulfide) groups is 1. The Bertz CT molecular complexity index is 411. The molecular weight excluding hydrogens is 294 g/mol. The minimum atomic E-state index is 0.394. The van der Waals surface area contributed by atoms with Crippen molar-refractivity contribution in [1.29, 1.82) is 0 Å². The second-order valence-electron chi connectivity index (χ2n) is 7.05. The molecule has 4 atom stereocenters. The molecule has 3 saturated carbocycles. The monoisotopic (exact) mass is 325 g/mol. The van der Waals surface area contributed by atoms with Gasteiger partial charge in [-0.15, -0.1) is 0 Å². The summed E-state index contributed by atoms with van der Waals surface area (Å²) in [6, 6.07) is 1.13. The molecule has 0 aromatic heterocycles. The Morgan fingerprint density at radius 3 is 2.64 bits per heavy atom. The van der Waals surface area contributed by atoms with Crippen molar-refractivity contribution < 1.29 is 4.74 Å². The summed E-state index contributed by atoms with van der Waals surface area (Å²) in [5, 5.41) is 8.16. The van der Waals surface area contributed by atoms with Crippen LogP contribution in [0.3, 0.4) is 0 Å². The van der Waals surface area contributed by atoms with Crippen LogP contribution >= 0.6 is 11.8 Å². The third kappa shape index (κ3) is 2.99. The van der Waals surface area contributed by atoms with Gasteiger partial charge in [0.05, 0.1) is 6.10 Å². The number of guanidine groups is 1. The van der Waals surface area contributed by atoms with Crippen molar-refractivity contribution in [1.82, 2.24) is 10.6 Å². The highest BCUT2D eigenvalue weighted by Gasteiger charge is 2.59. The SMILES string of the molecule is CCOC1CC(NC(=NC)NC2CCC(SC)C2)C12CCC2. The van der Waals surface area contributed by atoms with Gasteiger partial charge in [0.15, 0.2) is 5.96 Å². The minimum absolute atomic E-state index is 0.394. The standard InChI is InChI=1S/C17H31N3OS/c1-4-21-15-11-14(17(15)8-5-9-17)20-16(18-2)19-12-6-7-13(10-12)22-3/h12-15H,4-11H2,1-3H3,(H2,18,19,20). The van der Waals surface area contributed by atoms with Crippen molar-refractivity contribution >= 4 is 17.7 Å². The molecule has 5 heteroatoms. The number of nitrogens with one attached hydrogen (secondary N) is 2. The molecule has 3 rings (SSSR count). The van der Waals surface area contributed by atoms with Gasteiger partial charge in [0.25, 0.3) is 0 Å². The first-order valence-corrected chi connectivity index (χ1v) is 10.1. The molecule has 0 amide bonds. The Labute approximate surface area is 139 Å². The van der Waals surface area contributed by atoms with Crippen LogP contribution in [0.2, 0.25) is 0 Å². The van der Waals surface area contributed by atoms with E-state index in [0.29, 0.717) is 23.6 Å². The van der Waals surface area contributed by atoms with Gasteiger partial charge in [-0.1, -0.05) is 6.42 Å². The van der Waals surface area contributed by atoms with E-state index in [-0.39, 0.29) is 0 Å². The lowest BCUT2D eigenvalue weighted by atomic mass is 9.51. The van der Waals surface area contributed by atoms with Crippen molar-refractivity contribution in [3.8, 4) is 0 Å². The summed E-state index contributed by atoms with van der Waals surface area (Å²) in [6.45, 7) is 2.94. The van der Waals surface area contributed by atoms with Crippen molar-refractivity contribution in [3.05, 3.63) is 0 Å². The van der Waals surface area contributed by atoms with Gasteiger partial charge in [-0.2, -0.15) is 11.8 Å². The van der Waals surface area contributed by atoms with E-state index >= 15 is 0 Å². The molecule has 0 aromatic carbocycles. The first-order chi connectivity index (χ1) is 10.7. The zero-order valence-electron chi connectivity index (χ0n) is 14.2. The summed E-state index contributed by atoms with van der Waals surface area (Å²) < 4.78 is 5.94. The molecule has 0 aliphatic heterocycles. The van der Waals surface area contributed by atoms with Crippen molar-refractivity contribution in [2.75, 3.05) is 19.9 Å². The van der Waals surface area contributed by atoms with Gasteiger partial charge >= 0.3 is 0 Å². The molecule has 1 spiro atoms. The maximum absolute atomic E-state index is 5.94. The molecule has 0 heterocycles. The van der Waals surface area contributed by atoms with Crippen LogP contribution in [0.1, 0.15) is 51.9 Å². The van der Waals surface area contributed by atoms with Gasteiger partial charge in [0, 0.05) is 36.4 Å². The summed E-state index contributed by atoms with van der Waals surface area (Å²) in [6.07, 6.45) is 11.7. The van der Waals surface area contributed by atoms with E-state index in [4.69, 9.17) is 4.74 Å². The Hall–Kier alpha value is -0.420. The van der Waals surface area contributed by atoms with Crippen LogP contribution < -0.4 is 10.6 Å². The predicted octanol–water partition coefficient (Wildman–Crippen LogP) is 2.78. The molecule has 22 heavy (non-hydrogen) atoms. The molecule has 3 aliphatic carbocycles. The molecule has 3 fully saturated rings. The summed E-state index contributed by atoms with van der Waals surface area (Å²) >= 11 is 2.00. The van der Waals surface area contributed by atoms with Crippen LogP contribution in [0, 0.1) is 5.41 Å². The third-order valence-corrected chi connectivity index (χ3v) is 7.13. The van der Waals surface area contributed by atoms with Gasteiger partial charge in [-0.25, -0.2) is 0 Å². The molecule has 0 radical (unpaired) electrons. The second-order valence-corrected chi connectivity index (χ2v) is 8.19. The number of nitrogens with zero attached hydrogens (tertiary/aromatic N) is 1. The average molecular weight is 326 g/mol. The van der Waals surface area contributed by atoms with Crippen LogP contribution in [-0.2, 0) is 4.74 Å². The highest BCUT2D eigenvalue weighted by Crippen LogP contribution is 2.57. The first-order valence-electron chi connectivity index (χ1n) is 8.86. The van der Waals surface area contributed by atoms with Crippen molar-refractivity contribution in [2.24, 2.45) is 10.4 Å². The van der Waals surface area contributed by atoms with E-state index in [9.17, 15) is 0 Å². The van der Waals surface area contributed by atoms with Crippen molar-refractivity contribution in [2.45, 2.75) is 75.3 Å². The van der Waals surface area contributed by atoms with Gasteiger partial charge in [0.1, 0.15) is 0 Å². The predicted molar refractivity (Wildman–Crippen MR) is 94.7 cm³/mol. The molecular formula is C17H31N3OS. The fourth-order valence-corrected chi connectivity index (χ4v) is 5.25. The summed E-state index contributed by atoms with van der Waals surface area (Å²) in [4.78, 5) is 4.47. The maximum atomic E-state index is 5.94. The van der Waals surface area contributed by atoms with E-state index in [0.717, 1.165) is 24.2 Å². The van der Waals surface area contributed by atoms with Crippen molar-refractivity contribution in [3.63, 3.8) is 0 Å². The summed E-state index contributed by atoms with van der Waals surface area (Å²) in [5.41, 5.74) is 0.394. The van der Waals surface area contributed by atoms with E-state index in [2.05, 4.69) is 28.8 Å². The van der Waals surface area contributed by atoms with E-state index in [1.165, 1.54) is 38.5 Å². The fourth-order valence-electron chi connectivity index (χ4n) is 4.46. The van der Waals surface area contributed by atoms with Gasteiger partial charge < -0.3 is 15.4 Å². The maximum Gasteiger partial charge on any atom is 0.191 e. The summed E-state index contributed by atoms with van der Waals surface area (Å²) in [7, 11) is 1.89. The van der Waals surface area contributed by atoms with Crippen LogP contribution in [0.25, 0.3) is 0 Å². The number of hydrogen-bond donors (Lipinski definition) is 2. The summed E-state index contributed by atoms with van der Waals surface area (Å²) in [5.74, 6) is 0.998. The zero-order valence-corrected chi connectivity index (χ0v) is 15.0. The molecule has 3 aliphatic rings. The average Bonchev–Trinajstić information content (AvgIpc) is 2.90. The first kappa shape index (κ1) is 16.4. The third-order valence-electron chi connectivity index (χ3n) is 6.03. The minimum Gasteiger partial charge on any atom is -0.378 e. The quantitative estimate of drug-likeness (QED) is 0.603. The van der Waals surface area contributed by atoms with E-state index in [1.807, 2.05) is 18.8 Å². The van der Waals surface area contributed by atoms with Gasteiger partial charge in [0.2, 0.25) is 0 Å². The molecule has 4 nitrogen and oxygen atoms in total. The van der Waals surface area contributed by atoms with E-state index in [1.54, 1.807) is 0 Å². The lowest BCUT2D eigenvalue weighted by molar-refractivity contribution is -0.168. The lowest BCUT2D eigenvalue weighted by Gasteiger charge is -2.61. The molecule has 2 N–H and O–H groups in total. The Kier molecular flexibility index (Phi) is 5.23. The van der Waals surface area contributed by atoms with Crippen LogP contribution in [-0.4, -0.2) is 49.3 Å². The number of hydrogen-bond acceptors (Lipinski definition) is 3. The lowest BCUT2D eigenvalue weighted by Crippen LogP contribution is -2.68. The second kappa shape index (κ2) is 7.00. The molecule has 126 valence electrons. The van der Waals surface area contributed by atoms with Crippen LogP contribution in [0.15, 0.2) is 4.99 Å². The topological polar surface area (TPSA) is 45.6 Å². The Morgan fingerprint density at radius 1 is 1.27 bits per heavy atom. The molecule has 0 bridgehead atoms. The van der Waals surface area contributed by atoms with Gasteiger partial charge in [-0.05, 0) is 51.7 Å². The number of aliphatic imine (C=N–C) groups is 1. The zero-order chi connectivity index (χ0) is 15.6. The largest absolute Gasteiger partial charge is 0.378 e. The number of rotatable bonds is 5. The number of ether oxygens (including phenoxy) is 1. The van der Waals surface area contributed by atoms with Crippen LogP contribution in [0.4, 0.5) is 0 Å². The molecule has 0 saturated heterocycles. The normalized spacial score (nSPS) is 36.8. The van der Waals surface area contributed by atoms with Crippen LogP contribution in [0.5, 0.6) is 0 Å². The van der Waals surface area contributed by atoms with Gasteiger partial charge in [-0.3, -0.25) is 4.99 Å². The Morgan fingerprint density at radius 2 is 2.09 bits per heavy atom. The fraction of sp³-hybridized carbons (Fsp3) is 0.941.